The van der Waals surface area contributed by atoms with Crippen molar-refractivity contribution in [1.82, 2.24) is 0 Å². The zero-order valence-electron chi connectivity index (χ0n) is 14.0. The number of cyclic esters (lactones) is 1. The SMILES string of the molecule is COc1ccc(/C=C2\N=C(c3ccc(F)cc3)OC2=O)cc1OC(C)=O. The molecule has 0 amide bonds. The van der Waals surface area contributed by atoms with E-state index >= 15 is 0 Å². The Bertz CT molecular complexity index is 931. The molecule has 0 spiro atoms. The Morgan fingerprint density at radius 1 is 1.15 bits per heavy atom. The number of nitrogens with zero attached hydrogens (tertiary/aromatic N) is 1. The number of carbonyl (C=O) groups excluding carboxylic acids is 2. The first kappa shape index (κ1) is 17.3. The molecule has 0 fully saturated rings. The van der Waals surface area contributed by atoms with E-state index in [1.807, 2.05) is 0 Å². The summed E-state index contributed by atoms with van der Waals surface area (Å²) < 4.78 is 28.3. The molecular weight excluding hydrogens is 341 g/mol. The minimum absolute atomic E-state index is 0.0725. The minimum Gasteiger partial charge on any atom is -0.493 e. The van der Waals surface area contributed by atoms with Crippen LogP contribution in [0.15, 0.2) is 53.2 Å². The van der Waals surface area contributed by atoms with E-state index in [9.17, 15) is 14.0 Å². The summed E-state index contributed by atoms with van der Waals surface area (Å²) in [5.74, 6) is -0.824. The third-order valence-corrected chi connectivity index (χ3v) is 3.46. The fourth-order valence-electron chi connectivity index (χ4n) is 2.30. The molecule has 132 valence electrons. The van der Waals surface area contributed by atoms with Crippen molar-refractivity contribution >= 4 is 23.9 Å². The van der Waals surface area contributed by atoms with Crippen LogP contribution in [0.2, 0.25) is 0 Å². The van der Waals surface area contributed by atoms with Crippen LogP contribution >= 0.6 is 0 Å². The van der Waals surface area contributed by atoms with E-state index in [4.69, 9.17) is 14.2 Å². The minimum atomic E-state index is -0.630. The monoisotopic (exact) mass is 355 g/mol. The van der Waals surface area contributed by atoms with Crippen molar-refractivity contribution in [3.8, 4) is 11.5 Å². The molecule has 1 heterocycles. The maximum Gasteiger partial charge on any atom is 0.363 e. The molecule has 0 unspecified atom stereocenters. The number of methoxy groups -OCH3 is 1. The summed E-state index contributed by atoms with van der Waals surface area (Å²) in [6, 6.07) is 10.3. The Hall–Kier alpha value is -3.48. The van der Waals surface area contributed by atoms with Crippen molar-refractivity contribution in [2.24, 2.45) is 4.99 Å². The number of benzene rings is 2. The molecular formula is C19H14FNO5. The van der Waals surface area contributed by atoms with E-state index in [1.54, 1.807) is 18.2 Å². The van der Waals surface area contributed by atoms with E-state index in [1.165, 1.54) is 44.4 Å². The van der Waals surface area contributed by atoms with Crippen LogP contribution in [0.4, 0.5) is 4.39 Å². The number of hydrogen-bond acceptors (Lipinski definition) is 6. The highest BCUT2D eigenvalue weighted by molar-refractivity contribution is 6.12. The zero-order valence-corrected chi connectivity index (χ0v) is 14.0. The van der Waals surface area contributed by atoms with Gasteiger partial charge in [-0.15, -0.1) is 0 Å². The van der Waals surface area contributed by atoms with Gasteiger partial charge in [0.1, 0.15) is 5.82 Å². The van der Waals surface area contributed by atoms with Gasteiger partial charge in [-0.25, -0.2) is 14.2 Å². The number of hydrogen-bond donors (Lipinski definition) is 0. The molecule has 3 rings (SSSR count). The largest absolute Gasteiger partial charge is 0.493 e. The molecule has 1 aliphatic rings. The summed E-state index contributed by atoms with van der Waals surface area (Å²) >= 11 is 0. The van der Waals surface area contributed by atoms with Gasteiger partial charge in [-0.2, -0.15) is 0 Å². The molecule has 0 saturated carbocycles. The van der Waals surface area contributed by atoms with Crippen molar-refractivity contribution in [3.05, 3.63) is 65.1 Å². The predicted molar refractivity (Wildman–Crippen MR) is 91.3 cm³/mol. The van der Waals surface area contributed by atoms with E-state index in [-0.39, 0.29) is 17.3 Å². The third kappa shape index (κ3) is 3.77. The highest BCUT2D eigenvalue weighted by Crippen LogP contribution is 2.30. The Morgan fingerprint density at radius 2 is 1.88 bits per heavy atom. The molecule has 26 heavy (non-hydrogen) atoms. The van der Waals surface area contributed by atoms with Gasteiger partial charge in [-0.05, 0) is 48.0 Å². The topological polar surface area (TPSA) is 74.2 Å². The normalized spacial score (nSPS) is 14.8. The van der Waals surface area contributed by atoms with Crippen molar-refractivity contribution in [2.45, 2.75) is 6.92 Å². The molecule has 0 aromatic heterocycles. The first-order chi connectivity index (χ1) is 12.5. The Morgan fingerprint density at radius 3 is 2.54 bits per heavy atom. The van der Waals surface area contributed by atoms with Gasteiger partial charge in [-0.3, -0.25) is 4.79 Å². The van der Waals surface area contributed by atoms with Crippen LogP contribution in [-0.2, 0) is 14.3 Å². The van der Waals surface area contributed by atoms with Gasteiger partial charge < -0.3 is 14.2 Å². The fraction of sp³-hybridized carbons (Fsp3) is 0.105. The van der Waals surface area contributed by atoms with Gasteiger partial charge in [0.2, 0.25) is 5.90 Å². The summed E-state index contributed by atoms with van der Waals surface area (Å²) in [5.41, 5.74) is 1.12. The lowest BCUT2D eigenvalue weighted by atomic mass is 10.1. The maximum atomic E-state index is 13.0. The van der Waals surface area contributed by atoms with Crippen LogP contribution < -0.4 is 9.47 Å². The number of rotatable bonds is 4. The number of carbonyl (C=O) groups is 2. The van der Waals surface area contributed by atoms with Crippen LogP contribution in [0.5, 0.6) is 11.5 Å². The van der Waals surface area contributed by atoms with E-state index < -0.39 is 17.8 Å². The lowest BCUT2D eigenvalue weighted by molar-refractivity contribution is -0.132. The molecule has 2 aromatic carbocycles. The fourth-order valence-corrected chi connectivity index (χ4v) is 2.30. The van der Waals surface area contributed by atoms with Gasteiger partial charge in [0, 0.05) is 12.5 Å². The van der Waals surface area contributed by atoms with Gasteiger partial charge in [0.05, 0.1) is 7.11 Å². The summed E-state index contributed by atoms with van der Waals surface area (Å²) in [4.78, 5) is 27.4. The molecule has 6 nitrogen and oxygen atoms in total. The molecule has 7 heteroatoms. The third-order valence-electron chi connectivity index (χ3n) is 3.46. The van der Waals surface area contributed by atoms with E-state index in [2.05, 4.69) is 4.99 Å². The number of halogens is 1. The molecule has 1 aliphatic heterocycles. The summed E-state index contributed by atoms with van der Waals surface area (Å²) in [6.45, 7) is 1.28. The Balaban J connectivity index is 1.92. The number of esters is 2. The summed E-state index contributed by atoms with van der Waals surface area (Å²) in [7, 11) is 1.45. The van der Waals surface area contributed by atoms with E-state index in [0.717, 1.165) is 0 Å². The van der Waals surface area contributed by atoms with Crippen LogP contribution in [0.3, 0.4) is 0 Å². The van der Waals surface area contributed by atoms with E-state index in [0.29, 0.717) is 16.9 Å². The molecule has 2 aromatic rings. The highest BCUT2D eigenvalue weighted by atomic mass is 19.1. The second-order valence-electron chi connectivity index (χ2n) is 5.35. The van der Waals surface area contributed by atoms with Crippen molar-refractivity contribution < 1.29 is 28.2 Å². The average Bonchev–Trinajstić information content (AvgIpc) is 2.96. The first-order valence-corrected chi connectivity index (χ1v) is 7.61. The molecule has 0 saturated heterocycles. The quantitative estimate of drug-likeness (QED) is 0.479. The maximum absolute atomic E-state index is 13.0. The van der Waals surface area contributed by atoms with Crippen LogP contribution in [0.25, 0.3) is 6.08 Å². The molecule has 0 atom stereocenters. The molecule has 0 N–H and O–H groups in total. The average molecular weight is 355 g/mol. The lowest BCUT2D eigenvalue weighted by Gasteiger charge is -2.08. The lowest BCUT2D eigenvalue weighted by Crippen LogP contribution is -2.05. The van der Waals surface area contributed by atoms with Gasteiger partial charge >= 0.3 is 11.9 Å². The molecule has 0 radical (unpaired) electrons. The summed E-state index contributed by atoms with van der Waals surface area (Å²) in [6.07, 6.45) is 1.49. The van der Waals surface area contributed by atoms with Crippen molar-refractivity contribution in [3.63, 3.8) is 0 Å². The molecule has 0 aliphatic carbocycles. The van der Waals surface area contributed by atoms with Gasteiger partial charge in [0.25, 0.3) is 0 Å². The predicted octanol–water partition coefficient (Wildman–Crippen LogP) is 3.10. The standard InChI is InChI=1S/C19H14FNO5/c1-11(22)25-17-10-12(3-8-16(17)24-2)9-15-19(23)26-18(21-15)13-4-6-14(20)7-5-13/h3-10H,1-2H3/b15-9-. The molecule has 0 bridgehead atoms. The van der Waals surface area contributed by atoms with Gasteiger partial charge in [0.15, 0.2) is 17.2 Å². The summed E-state index contributed by atoms with van der Waals surface area (Å²) in [5, 5.41) is 0. The van der Waals surface area contributed by atoms with Crippen LogP contribution in [0.1, 0.15) is 18.1 Å². The van der Waals surface area contributed by atoms with Crippen molar-refractivity contribution in [2.75, 3.05) is 7.11 Å². The first-order valence-electron chi connectivity index (χ1n) is 7.61. The van der Waals surface area contributed by atoms with Gasteiger partial charge in [-0.1, -0.05) is 6.07 Å². The van der Waals surface area contributed by atoms with Crippen LogP contribution in [0, 0.1) is 5.82 Å². The highest BCUT2D eigenvalue weighted by Gasteiger charge is 2.24. The zero-order chi connectivity index (χ0) is 18.7. The smallest absolute Gasteiger partial charge is 0.363 e. The number of ether oxygens (including phenoxy) is 3. The van der Waals surface area contributed by atoms with Crippen molar-refractivity contribution in [1.29, 1.82) is 0 Å². The Kier molecular flexibility index (Phi) is 4.79. The van der Waals surface area contributed by atoms with Crippen LogP contribution in [-0.4, -0.2) is 24.9 Å². The second kappa shape index (κ2) is 7.18. The number of aliphatic imine (C=N–C) groups is 1. The Labute approximate surface area is 148 Å². The second-order valence-corrected chi connectivity index (χ2v) is 5.35.